The molecule has 2 N–H and O–H groups in total. The Bertz CT molecular complexity index is 658. The van der Waals surface area contributed by atoms with E-state index in [4.69, 9.17) is 17.3 Å². The second-order valence-corrected chi connectivity index (χ2v) is 5.60. The third-order valence-corrected chi connectivity index (χ3v) is 3.94. The van der Waals surface area contributed by atoms with E-state index in [9.17, 15) is 4.79 Å². The number of piperidine rings is 1. The van der Waals surface area contributed by atoms with Crippen molar-refractivity contribution in [3.8, 4) is 0 Å². The molecule has 0 aliphatic carbocycles. The number of carbonyl (C=O) groups is 1. The lowest BCUT2D eigenvalue weighted by molar-refractivity contribution is 0.0709. The van der Waals surface area contributed by atoms with E-state index in [2.05, 4.69) is 4.98 Å². The Labute approximate surface area is 146 Å². The molecule has 7 heteroatoms. The lowest BCUT2D eigenvalue weighted by Gasteiger charge is -2.29. The summed E-state index contributed by atoms with van der Waals surface area (Å²) in [5, 5.41) is 1.60. The standard InChI is InChI=1S/C15H16ClN3O.2ClH/c16-11-3-1-10-2-4-13(18-14(10)9-11)15(20)19-7-5-12(17)6-8-19;;/h1-4,9,12H,5-8,17H2;2*1H. The number of hydrogen-bond acceptors (Lipinski definition) is 3. The first-order valence-electron chi connectivity index (χ1n) is 6.74. The molecule has 0 unspecified atom stereocenters. The molecule has 1 amide bonds. The normalized spacial score (nSPS) is 15.1. The maximum atomic E-state index is 12.4. The summed E-state index contributed by atoms with van der Waals surface area (Å²) in [7, 11) is 0. The monoisotopic (exact) mass is 361 g/mol. The molecule has 1 saturated heterocycles. The summed E-state index contributed by atoms with van der Waals surface area (Å²) in [4.78, 5) is 18.7. The maximum absolute atomic E-state index is 12.4. The Balaban J connectivity index is 0.00000121. The van der Waals surface area contributed by atoms with E-state index in [1.165, 1.54) is 0 Å². The van der Waals surface area contributed by atoms with E-state index in [-0.39, 0.29) is 36.8 Å². The summed E-state index contributed by atoms with van der Waals surface area (Å²) < 4.78 is 0. The molecule has 1 aromatic carbocycles. The van der Waals surface area contributed by atoms with Crippen LogP contribution < -0.4 is 5.73 Å². The lowest BCUT2D eigenvalue weighted by Crippen LogP contribution is -2.43. The molecular formula is C15H18Cl3N3O. The van der Waals surface area contributed by atoms with Crippen LogP contribution in [0.25, 0.3) is 10.9 Å². The molecule has 0 radical (unpaired) electrons. The van der Waals surface area contributed by atoms with Gasteiger partial charge in [0.15, 0.2) is 0 Å². The van der Waals surface area contributed by atoms with Gasteiger partial charge in [0.1, 0.15) is 5.69 Å². The Kier molecular flexibility index (Phi) is 6.88. The van der Waals surface area contributed by atoms with Gasteiger partial charge in [-0.05, 0) is 31.0 Å². The molecule has 22 heavy (non-hydrogen) atoms. The molecule has 0 spiro atoms. The smallest absolute Gasteiger partial charge is 0.272 e. The highest BCUT2D eigenvalue weighted by Crippen LogP contribution is 2.19. The van der Waals surface area contributed by atoms with E-state index in [0.29, 0.717) is 23.8 Å². The fourth-order valence-electron chi connectivity index (χ4n) is 2.47. The molecule has 4 nitrogen and oxygen atoms in total. The summed E-state index contributed by atoms with van der Waals surface area (Å²) in [5.74, 6) is -0.0289. The van der Waals surface area contributed by atoms with E-state index in [1.54, 1.807) is 12.1 Å². The average Bonchev–Trinajstić information content (AvgIpc) is 2.46. The van der Waals surface area contributed by atoms with Gasteiger partial charge in [-0.25, -0.2) is 4.98 Å². The Morgan fingerprint density at radius 2 is 1.82 bits per heavy atom. The van der Waals surface area contributed by atoms with Gasteiger partial charge in [-0.15, -0.1) is 24.8 Å². The van der Waals surface area contributed by atoms with Gasteiger partial charge in [0.2, 0.25) is 0 Å². The zero-order valence-corrected chi connectivity index (χ0v) is 14.3. The fraction of sp³-hybridized carbons (Fsp3) is 0.333. The number of halogens is 3. The van der Waals surface area contributed by atoms with Gasteiger partial charge in [0.05, 0.1) is 5.52 Å². The summed E-state index contributed by atoms with van der Waals surface area (Å²) in [6, 6.07) is 9.38. The number of aromatic nitrogens is 1. The highest BCUT2D eigenvalue weighted by Gasteiger charge is 2.22. The molecule has 2 heterocycles. The minimum absolute atomic E-state index is 0. The van der Waals surface area contributed by atoms with Crippen molar-refractivity contribution >= 4 is 53.2 Å². The average molecular weight is 363 g/mol. The topological polar surface area (TPSA) is 59.2 Å². The number of pyridine rings is 1. The second-order valence-electron chi connectivity index (χ2n) is 5.16. The summed E-state index contributed by atoms with van der Waals surface area (Å²) in [6.07, 6.45) is 1.70. The van der Waals surface area contributed by atoms with Crippen LogP contribution in [0.4, 0.5) is 0 Å². The van der Waals surface area contributed by atoms with E-state index < -0.39 is 0 Å². The molecule has 0 saturated carbocycles. The van der Waals surface area contributed by atoms with Gasteiger partial charge in [0.25, 0.3) is 5.91 Å². The summed E-state index contributed by atoms with van der Waals surface area (Å²) in [5.41, 5.74) is 7.07. The van der Waals surface area contributed by atoms with Crippen LogP contribution in [-0.2, 0) is 0 Å². The summed E-state index contributed by atoms with van der Waals surface area (Å²) in [6.45, 7) is 1.41. The van der Waals surface area contributed by atoms with Crippen molar-refractivity contribution < 1.29 is 4.79 Å². The molecular weight excluding hydrogens is 345 g/mol. The number of nitrogens with zero attached hydrogens (tertiary/aromatic N) is 2. The summed E-state index contributed by atoms with van der Waals surface area (Å²) >= 11 is 5.97. The first-order valence-corrected chi connectivity index (χ1v) is 7.12. The largest absolute Gasteiger partial charge is 0.337 e. The van der Waals surface area contributed by atoms with Crippen LogP contribution in [0.1, 0.15) is 23.3 Å². The molecule has 2 aromatic rings. The van der Waals surface area contributed by atoms with E-state index >= 15 is 0 Å². The Hall–Kier alpha value is -1.07. The van der Waals surface area contributed by atoms with E-state index in [1.807, 2.05) is 23.1 Å². The highest BCUT2D eigenvalue weighted by atomic mass is 35.5. The molecule has 120 valence electrons. The molecule has 1 aliphatic heterocycles. The van der Waals surface area contributed by atoms with Crippen LogP contribution in [0.2, 0.25) is 5.02 Å². The molecule has 1 fully saturated rings. The van der Waals surface area contributed by atoms with Crippen LogP contribution in [0, 0.1) is 0 Å². The van der Waals surface area contributed by atoms with Crippen molar-refractivity contribution in [1.82, 2.24) is 9.88 Å². The zero-order chi connectivity index (χ0) is 14.1. The van der Waals surface area contributed by atoms with Crippen LogP contribution in [0.15, 0.2) is 30.3 Å². The van der Waals surface area contributed by atoms with Crippen molar-refractivity contribution in [2.75, 3.05) is 13.1 Å². The number of benzene rings is 1. The number of carbonyl (C=O) groups excluding carboxylic acids is 1. The molecule has 1 aliphatic rings. The van der Waals surface area contributed by atoms with Gasteiger partial charge in [0, 0.05) is 29.5 Å². The molecule has 0 atom stereocenters. The lowest BCUT2D eigenvalue weighted by atomic mass is 10.1. The van der Waals surface area contributed by atoms with Crippen molar-refractivity contribution in [3.05, 3.63) is 41.0 Å². The van der Waals surface area contributed by atoms with Crippen molar-refractivity contribution in [1.29, 1.82) is 0 Å². The van der Waals surface area contributed by atoms with Gasteiger partial charge < -0.3 is 10.6 Å². The predicted molar refractivity (Wildman–Crippen MR) is 94.4 cm³/mol. The molecule has 0 bridgehead atoms. The van der Waals surface area contributed by atoms with Gasteiger partial charge in [-0.1, -0.05) is 23.7 Å². The minimum atomic E-state index is -0.0289. The molecule has 3 rings (SSSR count). The van der Waals surface area contributed by atoms with Crippen molar-refractivity contribution in [2.24, 2.45) is 5.73 Å². The van der Waals surface area contributed by atoms with Gasteiger partial charge in [-0.3, -0.25) is 4.79 Å². The van der Waals surface area contributed by atoms with Crippen LogP contribution in [0.5, 0.6) is 0 Å². The van der Waals surface area contributed by atoms with Crippen LogP contribution in [-0.4, -0.2) is 34.9 Å². The van der Waals surface area contributed by atoms with Crippen LogP contribution >= 0.6 is 36.4 Å². The van der Waals surface area contributed by atoms with Gasteiger partial charge in [-0.2, -0.15) is 0 Å². The second kappa shape index (κ2) is 7.97. The van der Waals surface area contributed by atoms with Gasteiger partial charge >= 0.3 is 0 Å². The first-order chi connectivity index (χ1) is 9.63. The number of rotatable bonds is 1. The number of hydrogen-bond donors (Lipinski definition) is 1. The number of nitrogens with two attached hydrogens (primary N) is 1. The Morgan fingerprint density at radius 3 is 2.50 bits per heavy atom. The highest BCUT2D eigenvalue weighted by molar-refractivity contribution is 6.31. The molecule has 1 aromatic heterocycles. The van der Waals surface area contributed by atoms with E-state index in [0.717, 1.165) is 23.7 Å². The number of likely N-dealkylation sites (tertiary alicyclic amines) is 1. The third-order valence-electron chi connectivity index (χ3n) is 3.70. The number of amides is 1. The number of fused-ring (bicyclic) bond motifs is 1. The Morgan fingerprint density at radius 1 is 1.18 bits per heavy atom. The first kappa shape index (κ1) is 19.0. The predicted octanol–water partition coefficient (Wildman–Crippen LogP) is 3.30. The third kappa shape index (κ3) is 4.02. The zero-order valence-electron chi connectivity index (χ0n) is 11.9. The quantitative estimate of drug-likeness (QED) is 0.847. The van der Waals surface area contributed by atoms with Crippen molar-refractivity contribution in [2.45, 2.75) is 18.9 Å². The van der Waals surface area contributed by atoms with Crippen LogP contribution in [0.3, 0.4) is 0 Å². The fourth-order valence-corrected chi connectivity index (χ4v) is 2.64. The minimum Gasteiger partial charge on any atom is -0.337 e. The maximum Gasteiger partial charge on any atom is 0.272 e. The SMILES string of the molecule is Cl.Cl.NC1CCN(C(=O)c2ccc3ccc(Cl)cc3n2)CC1. The van der Waals surface area contributed by atoms with Crippen molar-refractivity contribution in [3.63, 3.8) is 0 Å².